The summed E-state index contributed by atoms with van der Waals surface area (Å²) in [6, 6.07) is 4.11. The summed E-state index contributed by atoms with van der Waals surface area (Å²) in [6.45, 7) is 6.94. The number of ether oxygens (including phenoxy) is 1. The van der Waals surface area contributed by atoms with Crippen molar-refractivity contribution >= 4 is 5.69 Å². The molecule has 1 fully saturated rings. The van der Waals surface area contributed by atoms with Gasteiger partial charge in [-0.05, 0) is 38.8 Å². The molecular formula is C14H23N3O. The summed E-state index contributed by atoms with van der Waals surface area (Å²) < 4.78 is 5.69. The zero-order valence-corrected chi connectivity index (χ0v) is 11.3. The highest BCUT2D eigenvalue weighted by molar-refractivity contribution is 5.44. The molecule has 0 aliphatic carbocycles. The smallest absolute Gasteiger partial charge is 0.0750 e. The number of hydrogen-bond donors (Lipinski definition) is 1. The summed E-state index contributed by atoms with van der Waals surface area (Å²) in [5, 5.41) is 0. The van der Waals surface area contributed by atoms with Crippen LogP contribution in [0.3, 0.4) is 0 Å². The minimum Gasteiger partial charge on any atom is -0.376 e. The van der Waals surface area contributed by atoms with Crippen molar-refractivity contribution in [3.8, 4) is 0 Å². The topological polar surface area (TPSA) is 51.4 Å². The molecule has 1 aromatic heterocycles. The van der Waals surface area contributed by atoms with Gasteiger partial charge in [-0.2, -0.15) is 0 Å². The van der Waals surface area contributed by atoms with E-state index in [1.165, 1.54) is 12.8 Å². The number of rotatable bonds is 5. The average Bonchev–Trinajstić information content (AvgIpc) is 2.89. The highest BCUT2D eigenvalue weighted by Crippen LogP contribution is 2.19. The van der Waals surface area contributed by atoms with Crippen LogP contribution in [0.2, 0.25) is 0 Å². The van der Waals surface area contributed by atoms with Gasteiger partial charge >= 0.3 is 0 Å². The standard InChI is InChI=1S/C14H23N3O/c1-3-17(10-13-5-4-8-18-13)12-6-7-14(11(2)15)16-9-12/h6-7,9,11,13H,3-5,8,10,15H2,1-2H3. The molecule has 2 N–H and O–H groups in total. The Hall–Kier alpha value is -1.13. The zero-order chi connectivity index (χ0) is 13.0. The Kier molecular flexibility index (Phi) is 4.55. The first-order valence-corrected chi connectivity index (χ1v) is 6.78. The van der Waals surface area contributed by atoms with Gasteiger partial charge in [-0.3, -0.25) is 4.98 Å². The van der Waals surface area contributed by atoms with Crippen molar-refractivity contribution in [3.63, 3.8) is 0 Å². The van der Waals surface area contributed by atoms with Crippen LogP contribution in [0.25, 0.3) is 0 Å². The van der Waals surface area contributed by atoms with Crippen LogP contribution in [0.1, 0.15) is 38.4 Å². The van der Waals surface area contributed by atoms with E-state index in [1.54, 1.807) is 0 Å². The molecule has 2 unspecified atom stereocenters. The molecule has 0 saturated carbocycles. The number of likely N-dealkylation sites (N-methyl/N-ethyl adjacent to an activating group) is 1. The normalized spacial score (nSPS) is 20.9. The lowest BCUT2D eigenvalue weighted by Gasteiger charge is -2.26. The molecule has 0 aromatic carbocycles. The molecule has 1 saturated heterocycles. The summed E-state index contributed by atoms with van der Waals surface area (Å²) in [5.41, 5.74) is 7.90. The molecule has 0 bridgehead atoms. The van der Waals surface area contributed by atoms with E-state index in [-0.39, 0.29) is 6.04 Å². The monoisotopic (exact) mass is 249 g/mol. The predicted molar refractivity (Wildman–Crippen MR) is 73.7 cm³/mol. The van der Waals surface area contributed by atoms with Crippen molar-refractivity contribution in [1.29, 1.82) is 0 Å². The zero-order valence-electron chi connectivity index (χ0n) is 11.3. The Bertz CT molecular complexity index is 358. The van der Waals surface area contributed by atoms with Crippen molar-refractivity contribution in [1.82, 2.24) is 4.98 Å². The summed E-state index contributed by atoms with van der Waals surface area (Å²) in [5.74, 6) is 0. The third-order valence-corrected chi connectivity index (χ3v) is 3.43. The third kappa shape index (κ3) is 3.21. The maximum absolute atomic E-state index is 5.81. The first-order chi connectivity index (χ1) is 8.70. The van der Waals surface area contributed by atoms with E-state index in [2.05, 4.69) is 22.9 Å². The van der Waals surface area contributed by atoms with Crippen LogP contribution in [-0.4, -0.2) is 30.8 Å². The van der Waals surface area contributed by atoms with Gasteiger partial charge < -0.3 is 15.4 Å². The molecule has 1 aliphatic heterocycles. The second-order valence-corrected chi connectivity index (χ2v) is 4.90. The average molecular weight is 249 g/mol. The molecule has 2 atom stereocenters. The van der Waals surface area contributed by atoms with Crippen LogP contribution >= 0.6 is 0 Å². The third-order valence-electron chi connectivity index (χ3n) is 3.43. The Morgan fingerprint density at radius 3 is 2.89 bits per heavy atom. The fourth-order valence-electron chi connectivity index (χ4n) is 2.31. The van der Waals surface area contributed by atoms with Crippen LogP contribution in [-0.2, 0) is 4.74 Å². The Labute approximate surface area is 109 Å². The van der Waals surface area contributed by atoms with Crippen LogP contribution in [0, 0.1) is 0 Å². The second-order valence-electron chi connectivity index (χ2n) is 4.90. The molecule has 1 aromatic rings. The molecule has 100 valence electrons. The van der Waals surface area contributed by atoms with Gasteiger partial charge in [0.25, 0.3) is 0 Å². The summed E-state index contributed by atoms with van der Waals surface area (Å²) in [7, 11) is 0. The van der Waals surface area contributed by atoms with Crippen molar-refractivity contribution in [2.45, 2.75) is 38.8 Å². The van der Waals surface area contributed by atoms with Crippen molar-refractivity contribution < 1.29 is 4.74 Å². The van der Waals surface area contributed by atoms with E-state index in [4.69, 9.17) is 10.5 Å². The van der Waals surface area contributed by atoms with E-state index >= 15 is 0 Å². The second kappa shape index (κ2) is 6.16. The van der Waals surface area contributed by atoms with Gasteiger partial charge in [0.15, 0.2) is 0 Å². The van der Waals surface area contributed by atoms with Crippen molar-refractivity contribution in [3.05, 3.63) is 24.0 Å². The molecule has 2 heterocycles. The molecule has 4 heteroatoms. The molecule has 0 amide bonds. The SMILES string of the molecule is CCN(CC1CCCO1)c1ccc(C(C)N)nc1. The lowest BCUT2D eigenvalue weighted by molar-refractivity contribution is 0.115. The molecule has 4 nitrogen and oxygen atoms in total. The van der Waals surface area contributed by atoms with Crippen LogP contribution < -0.4 is 10.6 Å². The van der Waals surface area contributed by atoms with Gasteiger partial charge in [-0.1, -0.05) is 0 Å². The maximum Gasteiger partial charge on any atom is 0.0750 e. The quantitative estimate of drug-likeness (QED) is 0.868. The van der Waals surface area contributed by atoms with Crippen LogP contribution in [0.15, 0.2) is 18.3 Å². The fourth-order valence-corrected chi connectivity index (χ4v) is 2.31. The van der Waals surface area contributed by atoms with E-state index in [9.17, 15) is 0 Å². The van der Waals surface area contributed by atoms with E-state index in [0.717, 1.165) is 31.1 Å². The van der Waals surface area contributed by atoms with Gasteiger partial charge in [0.1, 0.15) is 0 Å². The number of anilines is 1. The van der Waals surface area contributed by atoms with Crippen molar-refractivity contribution in [2.24, 2.45) is 5.73 Å². The summed E-state index contributed by atoms with van der Waals surface area (Å²) in [4.78, 5) is 6.73. The first-order valence-electron chi connectivity index (χ1n) is 6.78. The minimum absolute atomic E-state index is 0.00714. The highest BCUT2D eigenvalue weighted by Gasteiger charge is 2.18. The van der Waals surface area contributed by atoms with Gasteiger partial charge in [0, 0.05) is 25.7 Å². The molecule has 0 spiro atoms. The number of nitrogens with zero attached hydrogens (tertiary/aromatic N) is 2. The molecule has 18 heavy (non-hydrogen) atoms. The first kappa shape index (κ1) is 13.3. The lowest BCUT2D eigenvalue weighted by Crippen LogP contribution is -2.32. The number of hydrogen-bond acceptors (Lipinski definition) is 4. The lowest BCUT2D eigenvalue weighted by atomic mass is 10.2. The van der Waals surface area contributed by atoms with Gasteiger partial charge in [-0.15, -0.1) is 0 Å². The van der Waals surface area contributed by atoms with E-state index < -0.39 is 0 Å². The summed E-state index contributed by atoms with van der Waals surface area (Å²) in [6.07, 6.45) is 4.64. The molecule has 0 radical (unpaired) electrons. The largest absolute Gasteiger partial charge is 0.376 e. The molecule has 1 aliphatic rings. The summed E-state index contributed by atoms with van der Waals surface area (Å²) >= 11 is 0. The number of aromatic nitrogens is 1. The van der Waals surface area contributed by atoms with Crippen LogP contribution in [0.5, 0.6) is 0 Å². The highest BCUT2D eigenvalue weighted by atomic mass is 16.5. The van der Waals surface area contributed by atoms with Gasteiger partial charge in [0.05, 0.1) is 23.7 Å². The van der Waals surface area contributed by atoms with Crippen molar-refractivity contribution in [2.75, 3.05) is 24.6 Å². The molecule has 2 rings (SSSR count). The predicted octanol–water partition coefficient (Wildman–Crippen LogP) is 2.11. The van der Waals surface area contributed by atoms with Gasteiger partial charge in [0.2, 0.25) is 0 Å². The Morgan fingerprint density at radius 1 is 1.56 bits per heavy atom. The Morgan fingerprint density at radius 2 is 2.39 bits per heavy atom. The Balaban J connectivity index is 2.02. The molecular weight excluding hydrogens is 226 g/mol. The van der Waals surface area contributed by atoms with E-state index in [1.807, 2.05) is 19.2 Å². The van der Waals surface area contributed by atoms with Gasteiger partial charge in [-0.25, -0.2) is 0 Å². The minimum atomic E-state index is -0.00714. The van der Waals surface area contributed by atoms with E-state index in [0.29, 0.717) is 6.10 Å². The number of nitrogens with two attached hydrogens (primary N) is 1. The maximum atomic E-state index is 5.81. The number of pyridine rings is 1. The van der Waals surface area contributed by atoms with Crippen LogP contribution in [0.4, 0.5) is 5.69 Å². The fraction of sp³-hybridized carbons (Fsp3) is 0.643.